The second-order valence-corrected chi connectivity index (χ2v) is 9.27. The molecule has 6 nitrogen and oxygen atoms in total. The van der Waals surface area contributed by atoms with Gasteiger partial charge in [0.2, 0.25) is 0 Å². The largest absolute Gasteiger partial charge is 0.496 e. The molecule has 2 aliphatic rings. The fourth-order valence-electron chi connectivity index (χ4n) is 4.45. The van der Waals surface area contributed by atoms with Crippen molar-refractivity contribution in [3.8, 4) is 11.5 Å². The Balaban J connectivity index is 0.00000320. The molecule has 0 aromatic heterocycles. The van der Waals surface area contributed by atoms with E-state index in [4.69, 9.17) is 14.2 Å². The number of hydrogen-bond donors (Lipinski definition) is 2. The summed E-state index contributed by atoms with van der Waals surface area (Å²) in [4.78, 5) is 4.40. The van der Waals surface area contributed by atoms with Gasteiger partial charge in [0, 0.05) is 50.2 Å². The van der Waals surface area contributed by atoms with Crippen molar-refractivity contribution in [3.63, 3.8) is 0 Å². The first-order chi connectivity index (χ1) is 13.8. The number of methoxy groups -OCH3 is 1. The molecule has 2 heterocycles. The highest BCUT2D eigenvalue weighted by molar-refractivity contribution is 14.0. The van der Waals surface area contributed by atoms with Crippen molar-refractivity contribution in [3.05, 3.63) is 23.3 Å². The minimum atomic E-state index is 0. The highest BCUT2D eigenvalue weighted by atomic mass is 127. The number of aliphatic imine (C=N–C) groups is 1. The Hall–Kier alpha value is -1.22. The minimum absolute atomic E-state index is 0. The highest BCUT2D eigenvalue weighted by Crippen LogP contribution is 2.35. The van der Waals surface area contributed by atoms with Crippen LogP contribution in [0.5, 0.6) is 11.5 Å². The number of benzene rings is 1. The van der Waals surface area contributed by atoms with Gasteiger partial charge in [-0.25, -0.2) is 0 Å². The van der Waals surface area contributed by atoms with E-state index in [0.29, 0.717) is 12.5 Å². The number of rotatable bonds is 5. The third-order valence-corrected chi connectivity index (χ3v) is 5.80. The van der Waals surface area contributed by atoms with Crippen molar-refractivity contribution in [1.29, 1.82) is 0 Å². The summed E-state index contributed by atoms with van der Waals surface area (Å²) in [7, 11) is 3.52. The molecule has 0 aliphatic carbocycles. The maximum absolute atomic E-state index is 6.10. The van der Waals surface area contributed by atoms with Gasteiger partial charge >= 0.3 is 0 Å². The van der Waals surface area contributed by atoms with Crippen LogP contribution in [0.15, 0.2) is 17.1 Å². The highest BCUT2D eigenvalue weighted by Gasteiger charge is 2.35. The lowest BCUT2D eigenvalue weighted by Crippen LogP contribution is -2.47. The fraction of sp³-hybridized carbons (Fsp3) is 0.696. The first-order valence-corrected chi connectivity index (χ1v) is 10.7. The molecule has 0 saturated carbocycles. The standard InChI is InChI=1S/C23H37N3O3.HI/c1-15-10-17-11-19(27-6)18(12-20(17)29-15)14-26-22(24-5)25-13-16-8-7-9-28-21(16)23(2,3)4;/h11-12,15-16,21H,7-10,13-14H2,1-6H3,(H2,24,25,26);1H. The lowest BCUT2D eigenvalue weighted by atomic mass is 9.78. The number of fused-ring (bicyclic) bond motifs is 1. The predicted octanol–water partition coefficient (Wildman–Crippen LogP) is 4.14. The lowest BCUT2D eigenvalue weighted by molar-refractivity contribution is -0.0835. The molecule has 3 rings (SSSR count). The van der Waals surface area contributed by atoms with Crippen LogP contribution in [-0.4, -0.2) is 45.5 Å². The van der Waals surface area contributed by atoms with Gasteiger partial charge in [-0.05, 0) is 37.3 Å². The molecular weight excluding hydrogens is 493 g/mol. The Kier molecular flexibility index (Phi) is 9.09. The third kappa shape index (κ3) is 6.15. The van der Waals surface area contributed by atoms with Gasteiger partial charge in [-0.1, -0.05) is 20.8 Å². The van der Waals surface area contributed by atoms with Crippen molar-refractivity contribution < 1.29 is 14.2 Å². The van der Waals surface area contributed by atoms with Crippen molar-refractivity contribution in [2.45, 2.75) is 65.7 Å². The molecule has 170 valence electrons. The quantitative estimate of drug-likeness (QED) is 0.340. The summed E-state index contributed by atoms with van der Waals surface area (Å²) in [6, 6.07) is 4.18. The van der Waals surface area contributed by atoms with Crippen molar-refractivity contribution in [1.82, 2.24) is 10.6 Å². The first-order valence-electron chi connectivity index (χ1n) is 10.7. The average Bonchev–Trinajstić information content (AvgIpc) is 3.05. The van der Waals surface area contributed by atoms with E-state index in [1.54, 1.807) is 14.2 Å². The van der Waals surface area contributed by atoms with Crippen molar-refractivity contribution in [2.75, 3.05) is 27.3 Å². The van der Waals surface area contributed by atoms with E-state index in [0.717, 1.165) is 49.0 Å². The number of nitrogens with zero attached hydrogens (tertiary/aromatic N) is 1. The second kappa shape index (κ2) is 10.9. The summed E-state index contributed by atoms with van der Waals surface area (Å²) in [5, 5.41) is 6.91. The maximum atomic E-state index is 6.10. The summed E-state index contributed by atoms with van der Waals surface area (Å²) in [5.41, 5.74) is 2.42. The number of halogens is 1. The summed E-state index contributed by atoms with van der Waals surface area (Å²) in [5.74, 6) is 3.12. The topological polar surface area (TPSA) is 64.1 Å². The van der Waals surface area contributed by atoms with Crippen molar-refractivity contribution in [2.24, 2.45) is 16.3 Å². The summed E-state index contributed by atoms with van der Waals surface area (Å²) in [6.07, 6.45) is 3.72. The number of hydrogen-bond acceptors (Lipinski definition) is 4. The van der Waals surface area contributed by atoms with Crippen LogP contribution in [-0.2, 0) is 17.7 Å². The molecule has 1 fully saturated rings. The van der Waals surface area contributed by atoms with E-state index in [1.165, 1.54) is 12.0 Å². The Morgan fingerprint density at radius 2 is 2.03 bits per heavy atom. The van der Waals surface area contributed by atoms with Crippen LogP contribution in [0.2, 0.25) is 0 Å². The maximum Gasteiger partial charge on any atom is 0.191 e. The number of ether oxygens (including phenoxy) is 3. The van der Waals surface area contributed by atoms with Crippen LogP contribution in [0.25, 0.3) is 0 Å². The normalized spacial score (nSPS) is 23.8. The van der Waals surface area contributed by atoms with Gasteiger partial charge in [0.1, 0.15) is 17.6 Å². The van der Waals surface area contributed by atoms with Gasteiger partial charge in [-0.15, -0.1) is 24.0 Å². The molecule has 7 heteroatoms. The zero-order valence-electron chi connectivity index (χ0n) is 19.2. The molecule has 3 unspecified atom stereocenters. The van der Waals surface area contributed by atoms with E-state index in [9.17, 15) is 0 Å². The van der Waals surface area contributed by atoms with Gasteiger partial charge < -0.3 is 24.8 Å². The number of guanidine groups is 1. The summed E-state index contributed by atoms with van der Waals surface area (Å²) in [6.45, 7) is 11.2. The lowest BCUT2D eigenvalue weighted by Gasteiger charge is -2.40. The third-order valence-electron chi connectivity index (χ3n) is 5.80. The number of nitrogens with one attached hydrogen (secondary N) is 2. The molecule has 3 atom stereocenters. The molecule has 0 spiro atoms. The van der Waals surface area contributed by atoms with Crippen LogP contribution in [0.3, 0.4) is 0 Å². The van der Waals surface area contributed by atoms with Gasteiger partial charge in [0.15, 0.2) is 5.96 Å². The van der Waals surface area contributed by atoms with Crippen LogP contribution >= 0.6 is 24.0 Å². The molecule has 2 aliphatic heterocycles. The van der Waals surface area contributed by atoms with E-state index in [2.05, 4.69) is 55.5 Å². The van der Waals surface area contributed by atoms with Gasteiger partial charge in [-0.3, -0.25) is 4.99 Å². The zero-order valence-corrected chi connectivity index (χ0v) is 21.5. The van der Waals surface area contributed by atoms with Crippen LogP contribution in [0, 0.1) is 11.3 Å². The van der Waals surface area contributed by atoms with Crippen LogP contribution in [0.4, 0.5) is 0 Å². The molecular formula is C23H38IN3O3. The zero-order chi connectivity index (χ0) is 21.0. The van der Waals surface area contributed by atoms with Crippen molar-refractivity contribution >= 4 is 29.9 Å². The summed E-state index contributed by atoms with van der Waals surface area (Å²) >= 11 is 0. The Labute approximate surface area is 198 Å². The molecule has 0 bridgehead atoms. The molecule has 1 aromatic carbocycles. The Morgan fingerprint density at radius 1 is 1.27 bits per heavy atom. The van der Waals surface area contributed by atoms with Crippen LogP contribution < -0.4 is 20.1 Å². The van der Waals surface area contributed by atoms with E-state index < -0.39 is 0 Å². The second-order valence-electron chi connectivity index (χ2n) is 9.27. The summed E-state index contributed by atoms with van der Waals surface area (Å²) < 4.78 is 17.6. The smallest absolute Gasteiger partial charge is 0.191 e. The Bertz CT molecular complexity index is 733. The molecule has 0 amide bonds. The SMILES string of the molecule is CN=C(NCc1cc2c(cc1OC)CC(C)O2)NCC1CCCOC1C(C)(C)C.I. The van der Waals surface area contributed by atoms with E-state index in [-0.39, 0.29) is 41.6 Å². The van der Waals surface area contributed by atoms with E-state index >= 15 is 0 Å². The van der Waals surface area contributed by atoms with Gasteiger partial charge in [0.25, 0.3) is 0 Å². The molecule has 30 heavy (non-hydrogen) atoms. The monoisotopic (exact) mass is 531 g/mol. The van der Waals surface area contributed by atoms with E-state index in [1.807, 2.05) is 0 Å². The molecule has 2 N–H and O–H groups in total. The van der Waals surface area contributed by atoms with Gasteiger partial charge in [-0.2, -0.15) is 0 Å². The molecule has 1 aromatic rings. The first kappa shape index (κ1) is 25.0. The Morgan fingerprint density at radius 3 is 2.70 bits per heavy atom. The predicted molar refractivity (Wildman–Crippen MR) is 132 cm³/mol. The molecule has 1 saturated heterocycles. The molecule has 0 radical (unpaired) electrons. The van der Waals surface area contributed by atoms with Gasteiger partial charge in [0.05, 0.1) is 13.2 Å². The van der Waals surface area contributed by atoms with Crippen LogP contribution in [0.1, 0.15) is 51.7 Å². The minimum Gasteiger partial charge on any atom is -0.496 e. The fourth-order valence-corrected chi connectivity index (χ4v) is 4.45. The average molecular weight is 531 g/mol.